The predicted molar refractivity (Wildman–Crippen MR) is 72.2 cm³/mol. The normalized spacial score (nSPS) is 10.2. The highest BCUT2D eigenvalue weighted by molar-refractivity contribution is 5.70. The third kappa shape index (κ3) is 6.22. The van der Waals surface area contributed by atoms with Crippen LogP contribution in [0.2, 0.25) is 0 Å². The monoisotopic (exact) mass is 267 g/mol. The van der Waals surface area contributed by atoms with E-state index in [1.807, 2.05) is 24.3 Å². The van der Waals surface area contributed by atoms with Gasteiger partial charge in [-0.2, -0.15) is 0 Å². The van der Waals surface area contributed by atoms with Crippen LogP contribution in [0.5, 0.6) is 5.75 Å². The molecule has 0 fully saturated rings. The molecule has 0 heterocycles. The van der Waals surface area contributed by atoms with Gasteiger partial charge in [-0.15, -0.1) is 0 Å². The Labute approximate surface area is 113 Å². The van der Waals surface area contributed by atoms with Gasteiger partial charge >= 0.3 is 5.97 Å². The number of para-hydroxylation sites is 1. The van der Waals surface area contributed by atoms with E-state index in [0.717, 1.165) is 11.3 Å². The van der Waals surface area contributed by atoms with Crippen LogP contribution < -0.4 is 10.1 Å². The van der Waals surface area contributed by atoms with Gasteiger partial charge in [-0.05, 0) is 13.0 Å². The van der Waals surface area contributed by atoms with Gasteiger partial charge in [0.2, 0.25) is 0 Å². The molecule has 0 unspecified atom stereocenters. The molecule has 0 atom stereocenters. The molecule has 0 aromatic heterocycles. The molecule has 19 heavy (non-hydrogen) atoms. The Morgan fingerprint density at radius 3 is 2.84 bits per heavy atom. The Morgan fingerprint density at radius 1 is 1.32 bits per heavy atom. The van der Waals surface area contributed by atoms with Crippen molar-refractivity contribution in [1.82, 2.24) is 5.32 Å². The largest absolute Gasteiger partial charge is 0.496 e. The van der Waals surface area contributed by atoms with Crippen molar-refractivity contribution in [2.75, 3.05) is 33.5 Å². The molecular formula is C14H21NO4. The minimum Gasteiger partial charge on any atom is -0.496 e. The van der Waals surface area contributed by atoms with Crippen molar-refractivity contribution in [3.8, 4) is 5.75 Å². The van der Waals surface area contributed by atoms with Gasteiger partial charge in [-0.1, -0.05) is 18.2 Å². The van der Waals surface area contributed by atoms with E-state index in [0.29, 0.717) is 26.3 Å². The fourth-order valence-corrected chi connectivity index (χ4v) is 1.57. The molecule has 1 N–H and O–H groups in total. The molecule has 106 valence electrons. The van der Waals surface area contributed by atoms with Crippen LogP contribution >= 0.6 is 0 Å². The number of methoxy groups -OCH3 is 1. The maximum absolute atomic E-state index is 11.0. The number of esters is 1. The predicted octanol–water partition coefficient (Wildman–Crippen LogP) is 1.36. The molecule has 0 saturated heterocycles. The first kappa shape index (κ1) is 15.5. The van der Waals surface area contributed by atoms with E-state index in [1.54, 1.807) is 14.0 Å². The van der Waals surface area contributed by atoms with Crippen LogP contribution in [0.3, 0.4) is 0 Å². The number of carbonyl (C=O) groups excluding carboxylic acids is 1. The third-order valence-corrected chi connectivity index (χ3v) is 2.46. The van der Waals surface area contributed by atoms with Gasteiger partial charge in [0.1, 0.15) is 12.4 Å². The van der Waals surface area contributed by atoms with Crippen LogP contribution in [0, 0.1) is 0 Å². The molecule has 0 saturated carbocycles. The van der Waals surface area contributed by atoms with Gasteiger partial charge in [0.15, 0.2) is 0 Å². The zero-order valence-electron chi connectivity index (χ0n) is 11.5. The van der Waals surface area contributed by atoms with Crippen molar-refractivity contribution in [1.29, 1.82) is 0 Å². The van der Waals surface area contributed by atoms with Crippen molar-refractivity contribution in [2.45, 2.75) is 13.5 Å². The van der Waals surface area contributed by atoms with Crippen LogP contribution in [0.1, 0.15) is 12.5 Å². The molecular weight excluding hydrogens is 246 g/mol. The fraction of sp³-hybridized carbons (Fsp3) is 0.500. The number of carbonyl (C=O) groups is 1. The Hall–Kier alpha value is -1.59. The summed E-state index contributed by atoms with van der Waals surface area (Å²) < 4.78 is 15.2. The van der Waals surface area contributed by atoms with Crippen molar-refractivity contribution in [3.05, 3.63) is 29.8 Å². The molecule has 1 aromatic carbocycles. The highest BCUT2D eigenvalue weighted by Crippen LogP contribution is 2.16. The quantitative estimate of drug-likeness (QED) is 0.541. The molecule has 1 rings (SSSR count). The Balaban J connectivity index is 2.12. The van der Waals surface area contributed by atoms with E-state index in [-0.39, 0.29) is 12.6 Å². The molecule has 5 nitrogen and oxygen atoms in total. The highest BCUT2D eigenvalue weighted by atomic mass is 16.6. The third-order valence-electron chi connectivity index (χ3n) is 2.46. The van der Waals surface area contributed by atoms with Gasteiger partial charge in [0.05, 0.1) is 20.3 Å². The first-order valence-electron chi connectivity index (χ1n) is 6.34. The summed E-state index contributed by atoms with van der Waals surface area (Å²) in [5, 5.41) is 3.23. The van der Waals surface area contributed by atoms with Gasteiger partial charge in [0, 0.05) is 18.7 Å². The summed E-state index contributed by atoms with van der Waals surface area (Å²) >= 11 is 0. The Kier molecular flexibility index (Phi) is 7.62. The number of ether oxygens (including phenoxy) is 3. The average Bonchev–Trinajstić information content (AvgIpc) is 2.43. The number of hydrogen-bond donors (Lipinski definition) is 1. The van der Waals surface area contributed by atoms with Crippen LogP contribution in [-0.2, 0) is 20.8 Å². The number of nitrogens with one attached hydrogen (secondary N) is 1. The van der Waals surface area contributed by atoms with Crippen LogP contribution in [-0.4, -0.2) is 39.4 Å². The van der Waals surface area contributed by atoms with E-state index in [4.69, 9.17) is 14.2 Å². The van der Waals surface area contributed by atoms with Crippen molar-refractivity contribution in [2.24, 2.45) is 0 Å². The summed E-state index contributed by atoms with van der Waals surface area (Å²) in [5.41, 5.74) is 1.09. The average molecular weight is 267 g/mol. The van der Waals surface area contributed by atoms with E-state index < -0.39 is 0 Å². The lowest BCUT2D eigenvalue weighted by Crippen LogP contribution is -2.22. The molecule has 1 aromatic rings. The summed E-state index contributed by atoms with van der Waals surface area (Å²) in [6.45, 7) is 3.99. The minimum absolute atomic E-state index is 0.00414. The van der Waals surface area contributed by atoms with Gasteiger partial charge < -0.3 is 19.5 Å². The Morgan fingerprint density at radius 2 is 2.11 bits per heavy atom. The molecule has 0 aliphatic heterocycles. The van der Waals surface area contributed by atoms with Gasteiger partial charge in [-0.25, -0.2) is 4.79 Å². The molecule has 0 bridgehead atoms. The molecule has 0 aliphatic rings. The van der Waals surface area contributed by atoms with E-state index in [1.165, 1.54) is 0 Å². The zero-order chi connectivity index (χ0) is 13.9. The lowest BCUT2D eigenvalue weighted by molar-refractivity contribution is -0.148. The molecule has 0 spiro atoms. The standard InChI is InChI=1S/C14H21NO4/c1-3-19-14(16)11-18-9-8-15-10-12-6-4-5-7-13(12)17-2/h4-7,15H,3,8-11H2,1-2H3. The van der Waals surface area contributed by atoms with Crippen LogP contribution in [0.4, 0.5) is 0 Å². The lowest BCUT2D eigenvalue weighted by atomic mass is 10.2. The summed E-state index contributed by atoms with van der Waals surface area (Å²) in [6, 6.07) is 7.83. The maximum Gasteiger partial charge on any atom is 0.332 e. The van der Waals surface area contributed by atoms with Crippen molar-refractivity contribution >= 4 is 5.97 Å². The van der Waals surface area contributed by atoms with E-state index in [2.05, 4.69) is 5.32 Å². The highest BCUT2D eigenvalue weighted by Gasteiger charge is 2.02. The second-order valence-corrected chi connectivity index (χ2v) is 3.85. The lowest BCUT2D eigenvalue weighted by Gasteiger charge is -2.09. The molecule has 0 amide bonds. The van der Waals surface area contributed by atoms with Crippen molar-refractivity contribution in [3.63, 3.8) is 0 Å². The molecule has 5 heteroatoms. The second-order valence-electron chi connectivity index (χ2n) is 3.85. The number of rotatable bonds is 9. The zero-order valence-corrected chi connectivity index (χ0v) is 11.5. The second kappa shape index (κ2) is 9.35. The fourth-order valence-electron chi connectivity index (χ4n) is 1.57. The van der Waals surface area contributed by atoms with Crippen LogP contribution in [0.15, 0.2) is 24.3 Å². The van der Waals surface area contributed by atoms with E-state index >= 15 is 0 Å². The van der Waals surface area contributed by atoms with Gasteiger partial charge in [0.25, 0.3) is 0 Å². The summed E-state index contributed by atoms with van der Waals surface area (Å²) in [4.78, 5) is 11.0. The van der Waals surface area contributed by atoms with Gasteiger partial charge in [-0.3, -0.25) is 0 Å². The summed E-state index contributed by atoms with van der Waals surface area (Å²) in [5.74, 6) is 0.537. The number of benzene rings is 1. The molecule has 0 aliphatic carbocycles. The SMILES string of the molecule is CCOC(=O)COCCNCc1ccccc1OC. The number of hydrogen-bond acceptors (Lipinski definition) is 5. The van der Waals surface area contributed by atoms with Crippen molar-refractivity contribution < 1.29 is 19.0 Å². The minimum atomic E-state index is -0.327. The topological polar surface area (TPSA) is 56.8 Å². The Bertz CT molecular complexity index is 381. The summed E-state index contributed by atoms with van der Waals surface area (Å²) in [6.07, 6.45) is 0. The first-order valence-corrected chi connectivity index (χ1v) is 6.34. The smallest absolute Gasteiger partial charge is 0.332 e. The maximum atomic E-state index is 11.0. The van der Waals surface area contributed by atoms with Crippen LogP contribution in [0.25, 0.3) is 0 Å². The summed E-state index contributed by atoms with van der Waals surface area (Å²) in [7, 11) is 1.65. The molecule has 0 radical (unpaired) electrons. The van der Waals surface area contributed by atoms with E-state index in [9.17, 15) is 4.79 Å². The first-order chi connectivity index (χ1) is 9.27.